The highest BCUT2D eigenvalue weighted by atomic mass is 32.2. The van der Waals surface area contributed by atoms with E-state index in [1.807, 2.05) is 0 Å². The minimum atomic E-state index is -4.87. The Bertz CT molecular complexity index is 1070. The van der Waals surface area contributed by atoms with E-state index in [0.717, 1.165) is 16.8 Å². The summed E-state index contributed by atoms with van der Waals surface area (Å²) in [5, 5.41) is 12.9. The third-order valence-corrected chi connectivity index (χ3v) is 4.11. The summed E-state index contributed by atoms with van der Waals surface area (Å²) in [5.74, 6) is -0.586. The second-order valence-electron chi connectivity index (χ2n) is 5.50. The molecule has 0 aliphatic heterocycles. The van der Waals surface area contributed by atoms with Crippen molar-refractivity contribution >= 4 is 17.0 Å². The maximum Gasteiger partial charge on any atom is 0.436 e. The molecule has 2 N–H and O–H groups in total. The van der Waals surface area contributed by atoms with Crippen molar-refractivity contribution in [3.8, 4) is 23.0 Å². The summed E-state index contributed by atoms with van der Waals surface area (Å²) in [7, 11) is 0. The van der Waals surface area contributed by atoms with Crippen LogP contribution in [0, 0.1) is 17.1 Å². The highest BCUT2D eigenvalue weighted by molar-refractivity contribution is 7.80. The zero-order valence-electron chi connectivity index (χ0n) is 13.7. The number of alkyl halides is 3. The maximum absolute atomic E-state index is 13.4. The third-order valence-electron chi connectivity index (χ3n) is 3.70. The highest BCUT2D eigenvalue weighted by Gasteiger charge is 2.40. The van der Waals surface area contributed by atoms with Crippen LogP contribution >= 0.6 is 0 Å². The van der Waals surface area contributed by atoms with Gasteiger partial charge in [-0.3, -0.25) is 9.27 Å². The number of aromatic nitrogens is 2. The van der Waals surface area contributed by atoms with Gasteiger partial charge in [-0.15, -0.1) is 0 Å². The summed E-state index contributed by atoms with van der Waals surface area (Å²) in [4.78, 5) is 0. The fourth-order valence-electron chi connectivity index (χ4n) is 2.56. The lowest BCUT2D eigenvalue weighted by atomic mass is 10.1. The smallest absolute Gasteiger partial charge is 0.289 e. The quantitative estimate of drug-likeness (QED) is 0.500. The highest BCUT2D eigenvalue weighted by Crippen LogP contribution is 2.37. The lowest BCUT2D eigenvalue weighted by Gasteiger charge is -2.09. The van der Waals surface area contributed by atoms with Crippen LogP contribution in [0.3, 0.4) is 0 Å². The van der Waals surface area contributed by atoms with Gasteiger partial charge in [-0.05, 0) is 48.5 Å². The Morgan fingerprint density at radius 1 is 1.11 bits per heavy atom. The van der Waals surface area contributed by atoms with E-state index in [-0.39, 0.29) is 22.6 Å². The molecule has 144 valence electrons. The first-order valence-electron chi connectivity index (χ1n) is 7.55. The molecule has 0 spiro atoms. The normalized spacial score (nSPS) is 12.4. The van der Waals surface area contributed by atoms with Gasteiger partial charge in [0.1, 0.15) is 17.4 Å². The summed E-state index contributed by atoms with van der Waals surface area (Å²) in [6.45, 7) is 0. The van der Waals surface area contributed by atoms with Crippen LogP contribution in [0.2, 0.25) is 0 Å². The summed E-state index contributed by atoms with van der Waals surface area (Å²) >= 11 is -2.32. The summed E-state index contributed by atoms with van der Waals surface area (Å²) in [6.07, 6.45) is -4.87. The standard InChI is InChI=1S/C17H10F4N4O2S/c18-11-3-1-10(2-4-11)15-14(9-22)16(17(19,20)21)23-25(15)13-7-5-12(6-8-13)24-28(26)27/h1-8,24H,(H,26,27). The van der Waals surface area contributed by atoms with Crippen molar-refractivity contribution in [2.24, 2.45) is 0 Å². The largest absolute Gasteiger partial charge is 0.436 e. The molecule has 0 aliphatic rings. The predicted molar refractivity (Wildman–Crippen MR) is 93.1 cm³/mol. The average molecular weight is 410 g/mol. The van der Waals surface area contributed by atoms with Gasteiger partial charge in [0, 0.05) is 11.3 Å². The van der Waals surface area contributed by atoms with Crippen LogP contribution in [0.1, 0.15) is 11.3 Å². The Morgan fingerprint density at radius 2 is 1.71 bits per heavy atom. The third kappa shape index (κ3) is 3.88. The molecule has 0 saturated heterocycles. The molecule has 3 rings (SSSR count). The number of rotatable bonds is 4. The van der Waals surface area contributed by atoms with Crippen molar-refractivity contribution in [1.29, 1.82) is 5.26 Å². The van der Waals surface area contributed by atoms with Crippen molar-refractivity contribution < 1.29 is 26.3 Å². The van der Waals surface area contributed by atoms with Crippen LogP contribution in [0.4, 0.5) is 23.2 Å². The second kappa shape index (κ2) is 7.41. The number of benzene rings is 2. The van der Waals surface area contributed by atoms with E-state index in [1.54, 1.807) is 0 Å². The van der Waals surface area contributed by atoms with Crippen LogP contribution in [0.25, 0.3) is 16.9 Å². The minimum absolute atomic E-state index is 0.152. The SMILES string of the molecule is N#Cc1c(C(F)(F)F)nn(-c2ccc(NS(=O)O)cc2)c1-c1ccc(F)cc1. The van der Waals surface area contributed by atoms with Crippen molar-refractivity contribution in [3.63, 3.8) is 0 Å². The van der Waals surface area contributed by atoms with Crippen molar-refractivity contribution in [3.05, 3.63) is 65.6 Å². The zero-order valence-corrected chi connectivity index (χ0v) is 14.6. The number of hydrogen-bond donors (Lipinski definition) is 2. The number of nitrogens with zero attached hydrogens (tertiary/aromatic N) is 3. The fourth-order valence-corrected chi connectivity index (χ4v) is 2.89. The summed E-state index contributed by atoms with van der Waals surface area (Å²) < 4.78 is 76.1. The van der Waals surface area contributed by atoms with Gasteiger partial charge in [-0.1, -0.05) is 0 Å². The molecule has 28 heavy (non-hydrogen) atoms. The lowest BCUT2D eigenvalue weighted by molar-refractivity contribution is -0.141. The number of anilines is 1. The summed E-state index contributed by atoms with van der Waals surface area (Å²) in [5.41, 5.74) is -1.64. The average Bonchev–Trinajstić information content (AvgIpc) is 3.02. The molecule has 0 radical (unpaired) electrons. The molecule has 1 aromatic heterocycles. The molecule has 0 fully saturated rings. The van der Waals surface area contributed by atoms with Gasteiger partial charge in [0.15, 0.2) is 5.69 Å². The predicted octanol–water partition coefficient (Wildman–Crippen LogP) is 4.12. The van der Waals surface area contributed by atoms with E-state index in [9.17, 15) is 27.0 Å². The first-order chi connectivity index (χ1) is 13.2. The fraction of sp³-hybridized carbons (Fsp3) is 0.0588. The molecule has 0 amide bonds. The Morgan fingerprint density at radius 3 is 2.21 bits per heavy atom. The van der Waals surface area contributed by atoms with E-state index < -0.39 is 34.5 Å². The van der Waals surface area contributed by atoms with Gasteiger partial charge in [-0.25, -0.2) is 13.3 Å². The Hall–Kier alpha value is -3.23. The van der Waals surface area contributed by atoms with Crippen molar-refractivity contribution in [1.82, 2.24) is 9.78 Å². The molecule has 6 nitrogen and oxygen atoms in total. The van der Waals surface area contributed by atoms with Gasteiger partial charge >= 0.3 is 6.18 Å². The van der Waals surface area contributed by atoms with Crippen molar-refractivity contribution in [2.45, 2.75) is 6.18 Å². The number of nitrogens with one attached hydrogen (secondary N) is 1. The molecule has 11 heteroatoms. The van der Waals surface area contributed by atoms with Crippen LogP contribution in [0.15, 0.2) is 48.5 Å². The van der Waals surface area contributed by atoms with E-state index in [4.69, 9.17) is 4.55 Å². The van der Waals surface area contributed by atoms with Gasteiger partial charge in [0.25, 0.3) is 11.3 Å². The minimum Gasteiger partial charge on any atom is -0.289 e. The summed E-state index contributed by atoms with van der Waals surface area (Å²) in [6, 6.07) is 11.6. The van der Waals surface area contributed by atoms with Crippen LogP contribution in [0.5, 0.6) is 0 Å². The number of nitriles is 1. The van der Waals surface area contributed by atoms with Gasteiger partial charge < -0.3 is 0 Å². The molecule has 0 saturated carbocycles. The molecule has 0 bridgehead atoms. The molecule has 1 unspecified atom stereocenters. The zero-order chi connectivity index (χ0) is 20.5. The Labute approximate surface area is 158 Å². The number of halogens is 4. The molecule has 2 aromatic carbocycles. The molecule has 0 aliphatic carbocycles. The number of hydrogen-bond acceptors (Lipinski definition) is 3. The van der Waals surface area contributed by atoms with E-state index >= 15 is 0 Å². The monoisotopic (exact) mass is 410 g/mol. The molecule has 1 atom stereocenters. The molecular formula is C17H10F4N4O2S. The van der Waals surface area contributed by atoms with Gasteiger partial charge in [0.2, 0.25) is 0 Å². The topological polar surface area (TPSA) is 90.9 Å². The van der Waals surface area contributed by atoms with Crippen LogP contribution in [-0.4, -0.2) is 18.5 Å². The second-order valence-corrected chi connectivity index (χ2v) is 6.20. The molecule has 3 aromatic rings. The Kier molecular flexibility index (Phi) is 5.17. The maximum atomic E-state index is 13.4. The van der Waals surface area contributed by atoms with E-state index in [1.165, 1.54) is 42.5 Å². The van der Waals surface area contributed by atoms with Crippen LogP contribution < -0.4 is 4.72 Å². The van der Waals surface area contributed by atoms with Crippen LogP contribution in [-0.2, 0) is 17.4 Å². The van der Waals surface area contributed by atoms with Gasteiger partial charge in [-0.2, -0.15) is 23.5 Å². The molecule has 1 heterocycles. The first-order valence-corrected chi connectivity index (χ1v) is 8.65. The van der Waals surface area contributed by atoms with E-state index in [2.05, 4.69) is 9.82 Å². The lowest BCUT2D eigenvalue weighted by Crippen LogP contribution is -2.09. The van der Waals surface area contributed by atoms with Crippen molar-refractivity contribution in [2.75, 3.05) is 4.72 Å². The Balaban J connectivity index is 2.22. The van der Waals surface area contributed by atoms with Gasteiger partial charge in [0.05, 0.1) is 11.4 Å². The molecular weight excluding hydrogens is 400 g/mol. The first kappa shape index (κ1) is 19.5. The van der Waals surface area contributed by atoms with E-state index in [0.29, 0.717) is 0 Å².